The van der Waals surface area contributed by atoms with Gasteiger partial charge in [0.15, 0.2) is 0 Å². The number of hydrogen-bond acceptors (Lipinski definition) is 6. The molecule has 0 saturated carbocycles. The van der Waals surface area contributed by atoms with Gasteiger partial charge in [0, 0.05) is 31.4 Å². The number of aryl methyl sites for hydroxylation is 1. The number of ether oxygens (including phenoxy) is 1. The molecule has 1 aromatic carbocycles. The summed E-state index contributed by atoms with van der Waals surface area (Å²) in [5.74, 6) is 0.905. The standard InChI is InChI=1S/C16H22N4OS/c1-12-10-20(14-4-6-15(21-3)7-5-14)9-8-19(12)11-16-18-17-13(2)22-16/h4-7,12H,8-11H2,1-3H3/t12-/m0/s1. The summed E-state index contributed by atoms with van der Waals surface area (Å²) in [6.45, 7) is 8.31. The lowest BCUT2D eigenvalue weighted by molar-refractivity contribution is 0.180. The SMILES string of the molecule is COc1ccc(N2CCN(Cc3nnc(C)s3)[C@@H](C)C2)cc1. The number of hydrogen-bond donors (Lipinski definition) is 0. The molecule has 5 nitrogen and oxygen atoms in total. The van der Waals surface area contributed by atoms with Gasteiger partial charge in [-0.15, -0.1) is 21.5 Å². The van der Waals surface area contributed by atoms with Gasteiger partial charge in [-0.2, -0.15) is 0 Å². The summed E-state index contributed by atoms with van der Waals surface area (Å²) in [4.78, 5) is 4.92. The Kier molecular flexibility index (Phi) is 4.59. The highest BCUT2D eigenvalue weighted by atomic mass is 32.1. The maximum atomic E-state index is 5.22. The molecule has 6 heteroatoms. The van der Waals surface area contributed by atoms with Crippen LogP contribution in [0.3, 0.4) is 0 Å². The average Bonchev–Trinajstić information content (AvgIpc) is 2.94. The van der Waals surface area contributed by atoms with Crippen LogP contribution in [0.25, 0.3) is 0 Å². The molecule has 0 N–H and O–H groups in total. The minimum absolute atomic E-state index is 0.500. The van der Waals surface area contributed by atoms with Crippen molar-refractivity contribution in [3.63, 3.8) is 0 Å². The zero-order valence-corrected chi connectivity index (χ0v) is 14.1. The Hall–Kier alpha value is -1.66. The molecule has 0 radical (unpaired) electrons. The number of nitrogens with zero attached hydrogens (tertiary/aromatic N) is 4. The van der Waals surface area contributed by atoms with Gasteiger partial charge in [0.2, 0.25) is 0 Å². The summed E-state index contributed by atoms with van der Waals surface area (Å²) in [6, 6.07) is 8.82. The topological polar surface area (TPSA) is 41.5 Å². The smallest absolute Gasteiger partial charge is 0.131 e. The molecule has 1 aromatic heterocycles. The Balaban J connectivity index is 1.61. The minimum atomic E-state index is 0.500. The van der Waals surface area contributed by atoms with Gasteiger partial charge in [0.1, 0.15) is 15.8 Å². The van der Waals surface area contributed by atoms with Gasteiger partial charge in [-0.25, -0.2) is 0 Å². The largest absolute Gasteiger partial charge is 0.497 e. The molecule has 1 aliphatic heterocycles. The molecule has 2 aromatic rings. The van der Waals surface area contributed by atoms with E-state index in [-0.39, 0.29) is 0 Å². The van der Waals surface area contributed by atoms with E-state index in [2.05, 4.69) is 39.1 Å². The van der Waals surface area contributed by atoms with Crippen molar-refractivity contribution in [1.82, 2.24) is 15.1 Å². The van der Waals surface area contributed by atoms with E-state index in [1.165, 1.54) is 5.69 Å². The first kappa shape index (κ1) is 15.2. The molecule has 1 saturated heterocycles. The second-order valence-electron chi connectivity index (χ2n) is 5.68. The van der Waals surface area contributed by atoms with E-state index in [0.717, 1.165) is 41.9 Å². The van der Waals surface area contributed by atoms with Gasteiger partial charge in [-0.1, -0.05) is 0 Å². The van der Waals surface area contributed by atoms with Crippen molar-refractivity contribution >= 4 is 17.0 Å². The summed E-state index contributed by atoms with van der Waals surface area (Å²) in [5, 5.41) is 10.5. The minimum Gasteiger partial charge on any atom is -0.497 e. The summed E-state index contributed by atoms with van der Waals surface area (Å²) < 4.78 is 5.22. The Morgan fingerprint density at radius 2 is 2.00 bits per heavy atom. The Bertz CT molecular complexity index is 613. The normalized spacial score (nSPS) is 19.4. The van der Waals surface area contributed by atoms with E-state index in [1.807, 2.05) is 19.1 Å². The van der Waals surface area contributed by atoms with Crippen LogP contribution in [0.15, 0.2) is 24.3 Å². The van der Waals surface area contributed by atoms with Gasteiger partial charge in [0.05, 0.1) is 13.7 Å². The fourth-order valence-electron chi connectivity index (χ4n) is 2.83. The van der Waals surface area contributed by atoms with Crippen LogP contribution < -0.4 is 9.64 Å². The van der Waals surface area contributed by atoms with Gasteiger partial charge in [-0.3, -0.25) is 4.90 Å². The number of piperazine rings is 1. The van der Waals surface area contributed by atoms with Crippen LogP contribution in [0.2, 0.25) is 0 Å². The molecule has 22 heavy (non-hydrogen) atoms. The van der Waals surface area contributed by atoms with Crippen molar-refractivity contribution < 1.29 is 4.74 Å². The van der Waals surface area contributed by atoms with Gasteiger partial charge in [0.25, 0.3) is 0 Å². The van der Waals surface area contributed by atoms with Crippen molar-refractivity contribution in [3.8, 4) is 5.75 Å². The highest BCUT2D eigenvalue weighted by Gasteiger charge is 2.24. The van der Waals surface area contributed by atoms with Crippen molar-refractivity contribution in [2.24, 2.45) is 0 Å². The zero-order chi connectivity index (χ0) is 15.5. The van der Waals surface area contributed by atoms with E-state index < -0.39 is 0 Å². The van der Waals surface area contributed by atoms with E-state index in [4.69, 9.17) is 4.74 Å². The second kappa shape index (κ2) is 6.62. The Morgan fingerprint density at radius 3 is 2.59 bits per heavy atom. The molecule has 1 atom stereocenters. The molecule has 0 unspecified atom stereocenters. The molecule has 1 fully saturated rings. The lowest BCUT2D eigenvalue weighted by Crippen LogP contribution is -2.51. The average molecular weight is 318 g/mol. The fraction of sp³-hybridized carbons (Fsp3) is 0.500. The fourth-order valence-corrected chi connectivity index (χ4v) is 3.57. The first-order chi connectivity index (χ1) is 10.7. The second-order valence-corrected chi connectivity index (χ2v) is 6.94. The molecule has 0 bridgehead atoms. The number of aromatic nitrogens is 2. The third-order valence-electron chi connectivity index (χ3n) is 4.11. The molecule has 0 aliphatic carbocycles. The summed E-state index contributed by atoms with van der Waals surface area (Å²) in [6.07, 6.45) is 0. The number of benzene rings is 1. The molecule has 118 valence electrons. The third kappa shape index (κ3) is 3.39. The number of rotatable bonds is 4. The monoisotopic (exact) mass is 318 g/mol. The van der Waals surface area contributed by atoms with Crippen LogP contribution in [0, 0.1) is 6.92 Å². The molecule has 3 rings (SSSR count). The number of methoxy groups -OCH3 is 1. The van der Waals surface area contributed by atoms with Crippen LogP contribution in [0.1, 0.15) is 16.9 Å². The molecular weight excluding hydrogens is 296 g/mol. The highest BCUT2D eigenvalue weighted by molar-refractivity contribution is 7.11. The molecule has 0 amide bonds. The summed E-state index contributed by atoms with van der Waals surface area (Å²) >= 11 is 1.69. The predicted octanol–water partition coefficient (Wildman–Crippen LogP) is 2.57. The predicted molar refractivity (Wildman–Crippen MR) is 89.7 cm³/mol. The molecular formula is C16H22N4OS. The van der Waals surface area contributed by atoms with Crippen molar-refractivity contribution in [2.75, 3.05) is 31.6 Å². The van der Waals surface area contributed by atoms with Crippen molar-refractivity contribution in [2.45, 2.75) is 26.4 Å². The van der Waals surface area contributed by atoms with Crippen LogP contribution >= 0.6 is 11.3 Å². The van der Waals surface area contributed by atoms with Gasteiger partial charge < -0.3 is 9.64 Å². The van der Waals surface area contributed by atoms with E-state index in [0.29, 0.717) is 6.04 Å². The van der Waals surface area contributed by atoms with Crippen molar-refractivity contribution in [1.29, 1.82) is 0 Å². The van der Waals surface area contributed by atoms with Crippen LogP contribution in [-0.4, -0.2) is 47.9 Å². The zero-order valence-electron chi connectivity index (χ0n) is 13.3. The maximum absolute atomic E-state index is 5.22. The Labute approximate surface area is 135 Å². The molecule has 0 spiro atoms. The lowest BCUT2D eigenvalue weighted by atomic mass is 10.1. The van der Waals surface area contributed by atoms with Crippen molar-refractivity contribution in [3.05, 3.63) is 34.3 Å². The van der Waals surface area contributed by atoms with Crippen LogP contribution in [0.4, 0.5) is 5.69 Å². The van der Waals surface area contributed by atoms with E-state index in [1.54, 1.807) is 18.4 Å². The quantitative estimate of drug-likeness (QED) is 0.866. The van der Waals surface area contributed by atoms with Gasteiger partial charge >= 0.3 is 0 Å². The maximum Gasteiger partial charge on any atom is 0.131 e. The summed E-state index contributed by atoms with van der Waals surface area (Å²) in [5.41, 5.74) is 1.26. The number of anilines is 1. The molecule has 2 heterocycles. The molecule has 1 aliphatic rings. The highest BCUT2D eigenvalue weighted by Crippen LogP contribution is 2.23. The third-order valence-corrected chi connectivity index (χ3v) is 4.93. The van der Waals surface area contributed by atoms with E-state index >= 15 is 0 Å². The summed E-state index contributed by atoms with van der Waals surface area (Å²) in [7, 11) is 1.70. The van der Waals surface area contributed by atoms with Crippen LogP contribution in [0.5, 0.6) is 5.75 Å². The van der Waals surface area contributed by atoms with Gasteiger partial charge in [-0.05, 0) is 38.1 Å². The first-order valence-electron chi connectivity index (χ1n) is 7.58. The first-order valence-corrected chi connectivity index (χ1v) is 8.39. The lowest BCUT2D eigenvalue weighted by Gasteiger charge is -2.40. The van der Waals surface area contributed by atoms with Crippen LogP contribution in [-0.2, 0) is 6.54 Å². The van der Waals surface area contributed by atoms with E-state index in [9.17, 15) is 0 Å². The Morgan fingerprint density at radius 1 is 1.23 bits per heavy atom.